The van der Waals surface area contributed by atoms with Crippen LogP contribution in [0.1, 0.15) is 31.9 Å². The Labute approximate surface area is 177 Å². The van der Waals surface area contributed by atoms with Crippen molar-refractivity contribution in [2.75, 3.05) is 7.11 Å². The van der Waals surface area contributed by atoms with Gasteiger partial charge in [-0.1, -0.05) is 45.0 Å². The zero-order chi connectivity index (χ0) is 20.5. The fourth-order valence-corrected chi connectivity index (χ4v) is 3.29. The van der Waals surface area contributed by atoms with Gasteiger partial charge in [-0.05, 0) is 56.8 Å². The van der Waals surface area contributed by atoms with Crippen LogP contribution in [0.2, 0.25) is 0 Å². The van der Waals surface area contributed by atoms with Gasteiger partial charge in [-0.3, -0.25) is 0 Å². The maximum absolute atomic E-state index is 9.94. The highest BCUT2D eigenvalue weighted by Crippen LogP contribution is 2.34. The van der Waals surface area contributed by atoms with E-state index in [0.29, 0.717) is 20.8 Å². The van der Waals surface area contributed by atoms with Crippen molar-refractivity contribution in [3.8, 4) is 22.9 Å². The third-order valence-corrected chi connectivity index (χ3v) is 5.12. The van der Waals surface area contributed by atoms with Gasteiger partial charge in [0.2, 0.25) is 4.77 Å². The Kier molecular flexibility index (Phi) is 5.71. The number of halogens is 1. The van der Waals surface area contributed by atoms with Crippen LogP contribution in [-0.2, 0) is 5.41 Å². The highest BCUT2D eigenvalue weighted by Gasteiger charge is 2.15. The number of benzene rings is 2. The predicted molar refractivity (Wildman–Crippen MR) is 117 cm³/mol. The average molecular weight is 461 g/mol. The molecule has 0 aliphatic rings. The minimum atomic E-state index is 0.0409. The molecule has 3 aromatic rings. The largest absolute Gasteiger partial charge is 0.503 e. The topological polar surface area (TPSA) is 75.4 Å². The van der Waals surface area contributed by atoms with Gasteiger partial charge in [-0.25, -0.2) is 5.10 Å². The summed E-state index contributed by atoms with van der Waals surface area (Å²) >= 11 is 8.63. The van der Waals surface area contributed by atoms with Crippen molar-refractivity contribution in [1.29, 1.82) is 0 Å². The van der Waals surface area contributed by atoms with E-state index >= 15 is 0 Å². The SMILES string of the molecule is COc1cc(C=Nn2c(-c3ccc(C(C)(C)C)cc3)n[nH]c2=S)cc(Br)c1O. The van der Waals surface area contributed by atoms with Gasteiger partial charge in [0.25, 0.3) is 0 Å². The molecule has 0 saturated heterocycles. The molecule has 3 rings (SSSR count). The van der Waals surface area contributed by atoms with Gasteiger partial charge in [0.15, 0.2) is 17.3 Å². The molecule has 6 nitrogen and oxygen atoms in total. The molecule has 0 unspecified atom stereocenters. The number of methoxy groups -OCH3 is 1. The number of aromatic nitrogens is 3. The van der Waals surface area contributed by atoms with Gasteiger partial charge in [-0.15, -0.1) is 0 Å². The van der Waals surface area contributed by atoms with Crippen LogP contribution >= 0.6 is 28.1 Å². The van der Waals surface area contributed by atoms with E-state index in [1.54, 1.807) is 23.0 Å². The van der Waals surface area contributed by atoms with E-state index in [4.69, 9.17) is 17.0 Å². The molecule has 2 aromatic carbocycles. The Bertz CT molecular complexity index is 1080. The summed E-state index contributed by atoms with van der Waals surface area (Å²) in [6.07, 6.45) is 1.63. The van der Waals surface area contributed by atoms with E-state index in [1.807, 2.05) is 12.1 Å². The van der Waals surface area contributed by atoms with Gasteiger partial charge in [0.05, 0.1) is 17.8 Å². The molecule has 0 fully saturated rings. The van der Waals surface area contributed by atoms with E-state index in [1.165, 1.54) is 12.7 Å². The molecule has 0 spiro atoms. The lowest BCUT2D eigenvalue weighted by atomic mass is 9.87. The number of nitrogens with zero attached hydrogens (tertiary/aromatic N) is 3. The Balaban J connectivity index is 1.97. The molecule has 0 saturated carbocycles. The summed E-state index contributed by atoms with van der Waals surface area (Å²) in [6.45, 7) is 6.52. The molecule has 0 aliphatic heterocycles. The summed E-state index contributed by atoms with van der Waals surface area (Å²) in [5, 5.41) is 21.5. The third-order valence-electron chi connectivity index (χ3n) is 4.25. The Morgan fingerprint density at radius 2 is 1.93 bits per heavy atom. The first-order valence-electron chi connectivity index (χ1n) is 8.60. The average Bonchev–Trinajstić information content (AvgIpc) is 3.02. The summed E-state index contributed by atoms with van der Waals surface area (Å²) in [5.41, 5.74) is 2.95. The molecular formula is C20H21BrN4O2S. The van der Waals surface area contributed by atoms with Crippen LogP contribution in [0.25, 0.3) is 11.4 Å². The first kappa shape index (κ1) is 20.3. The fraction of sp³-hybridized carbons (Fsp3) is 0.250. The summed E-state index contributed by atoms with van der Waals surface area (Å²) in [5.74, 6) is 1.01. The number of aromatic hydroxyl groups is 1. The van der Waals surface area contributed by atoms with E-state index < -0.39 is 0 Å². The van der Waals surface area contributed by atoms with Gasteiger partial charge in [-0.2, -0.15) is 14.9 Å². The summed E-state index contributed by atoms with van der Waals surface area (Å²) in [7, 11) is 1.49. The van der Waals surface area contributed by atoms with E-state index in [9.17, 15) is 5.11 Å². The van der Waals surface area contributed by atoms with Gasteiger partial charge < -0.3 is 9.84 Å². The molecule has 1 heterocycles. The van der Waals surface area contributed by atoms with Crippen molar-refractivity contribution in [2.45, 2.75) is 26.2 Å². The molecular weight excluding hydrogens is 440 g/mol. The molecule has 2 N–H and O–H groups in total. The van der Waals surface area contributed by atoms with Crippen molar-refractivity contribution < 1.29 is 9.84 Å². The first-order chi connectivity index (χ1) is 13.2. The van der Waals surface area contributed by atoms with Crippen LogP contribution < -0.4 is 4.74 Å². The number of H-pyrrole nitrogens is 1. The normalized spacial score (nSPS) is 11.9. The van der Waals surface area contributed by atoms with Gasteiger partial charge in [0, 0.05) is 5.56 Å². The van der Waals surface area contributed by atoms with E-state index in [0.717, 1.165) is 11.1 Å². The highest BCUT2D eigenvalue weighted by atomic mass is 79.9. The molecule has 0 amide bonds. The number of ether oxygens (including phenoxy) is 1. The number of phenolic OH excluding ortho intramolecular Hbond substituents is 1. The van der Waals surface area contributed by atoms with Crippen molar-refractivity contribution in [3.05, 3.63) is 56.8 Å². The fourth-order valence-electron chi connectivity index (χ4n) is 2.65. The van der Waals surface area contributed by atoms with Crippen molar-refractivity contribution in [3.63, 3.8) is 0 Å². The zero-order valence-electron chi connectivity index (χ0n) is 16.0. The lowest BCUT2D eigenvalue weighted by Crippen LogP contribution is -2.10. The molecule has 0 bridgehead atoms. The number of phenols is 1. The lowest BCUT2D eigenvalue weighted by Gasteiger charge is -2.18. The third kappa shape index (κ3) is 4.18. The van der Waals surface area contributed by atoms with E-state index in [-0.39, 0.29) is 11.2 Å². The summed E-state index contributed by atoms with van der Waals surface area (Å²) in [6, 6.07) is 11.6. The van der Waals surface area contributed by atoms with Crippen LogP contribution in [0.3, 0.4) is 0 Å². The van der Waals surface area contributed by atoms with Crippen LogP contribution in [0, 0.1) is 4.77 Å². The number of nitrogens with one attached hydrogen (secondary N) is 1. The molecule has 28 heavy (non-hydrogen) atoms. The second kappa shape index (κ2) is 7.89. The second-order valence-electron chi connectivity index (χ2n) is 7.29. The minimum absolute atomic E-state index is 0.0409. The minimum Gasteiger partial charge on any atom is -0.503 e. The van der Waals surface area contributed by atoms with Gasteiger partial charge >= 0.3 is 0 Å². The van der Waals surface area contributed by atoms with Crippen molar-refractivity contribution in [1.82, 2.24) is 14.9 Å². The molecule has 1 aromatic heterocycles. The summed E-state index contributed by atoms with van der Waals surface area (Å²) in [4.78, 5) is 0. The quantitative estimate of drug-likeness (QED) is 0.410. The van der Waals surface area contributed by atoms with Crippen LogP contribution in [0.15, 0.2) is 46.0 Å². The first-order valence-corrected chi connectivity index (χ1v) is 9.80. The highest BCUT2D eigenvalue weighted by molar-refractivity contribution is 9.10. The molecule has 0 atom stereocenters. The maximum atomic E-state index is 9.94. The smallest absolute Gasteiger partial charge is 0.216 e. The Hall–Kier alpha value is -2.45. The van der Waals surface area contributed by atoms with Crippen LogP contribution in [-0.4, -0.2) is 33.3 Å². The number of aromatic amines is 1. The Morgan fingerprint density at radius 3 is 2.54 bits per heavy atom. The van der Waals surface area contributed by atoms with E-state index in [2.05, 4.69) is 64.1 Å². The number of hydrogen-bond donors (Lipinski definition) is 2. The standard InChI is InChI=1S/C20H21BrN4O2S/c1-20(2,3)14-7-5-13(6-8-14)18-23-24-19(28)25(18)22-11-12-9-15(21)17(26)16(10-12)27-4/h5-11,26H,1-4H3,(H,24,28). The number of rotatable bonds is 4. The monoisotopic (exact) mass is 460 g/mol. The van der Waals surface area contributed by atoms with Crippen molar-refractivity contribution in [2.24, 2.45) is 5.10 Å². The molecule has 8 heteroatoms. The van der Waals surface area contributed by atoms with Crippen LogP contribution in [0.4, 0.5) is 0 Å². The molecule has 0 radical (unpaired) electrons. The van der Waals surface area contributed by atoms with Crippen LogP contribution in [0.5, 0.6) is 11.5 Å². The van der Waals surface area contributed by atoms with Crippen molar-refractivity contribution >= 4 is 34.4 Å². The Morgan fingerprint density at radius 1 is 1.25 bits per heavy atom. The number of hydrogen-bond acceptors (Lipinski definition) is 5. The predicted octanol–water partition coefficient (Wildman–Crippen LogP) is 5.26. The molecule has 146 valence electrons. The van der Waals surface area contributed by atoms with Gasteiger partial charge in [0.1, 0.15) is 0 Å². The summed E-state index contributed by atoms with van der Waals surface area (Å²) < 4.78 is 7.64. The second-order valence-corrected chi connectivity index (χ2v) is 8.53. The zero-order valence-corrected chi connectivity index (χ0v) is 18.4. The maximum Gasteiger partial charge on any atom is 0.216 e. The lowest BCUT2D eigenvalue weighted by molar-refractivity contribution is 0.372. The molecule has 0 aliphatic carbocycles.